The SMILES string of the molecule is Oc1ccc(Cl)cc1CNC1CCCc2c1cnn2-c1cc(F)cc(F)c1. The van der Waals surface area contributed by atoms with E-state index in [-0.39, 0.29) is 11.8 Å². The number of nitrogens with one attached hydrogen (secondary N) is 1. The summed E-state index contributed by atoms with van der Waals surface area (Å²) in [6, 6.07) is 8.38. The van der Waals surface area contributed by atoms with E-state index in [4.69, 9.17) is 11.6 Å². The molecule has 2 N–H and O–H groups in total. The molecule has 1 atom stereocenters. The van der Waals surface area contributed by atoms with E-state index in [0.717, 1.165) is 36.6 Å². The lowest BCUT2D eigenvalue weighted by Crippen LogP contribution is -2.25. The van der Waals surface area contributed by atoms with Crippen LogP contribution in [0.5, 0.6) is 5.75 Å². The van der Waals surface area contributed by atoms with Crippen molar-refractivity contribution < 1.29 is 13.9 Å². The number of phenolic OH excluding ortho intramolecular Hbond substituents is 1. The van der Waals surface area contributed by atoms with Crippen LogP contribution in [0.25, 0.3) is 5.69 Å². The van der Waals surface area contributed by atoms with Crippen LogP contribution in [0.4, 0.5) is 8.78 Å². The van der Waals surface area contributed by atoms with E-state index in [1.165, 1.54) is 12.1 Å². The van der Waals surface area contributed by atoms with E-state index in [1.54, 1.807) is 29.1 Å². The van der Waals surface area contributed by atoms with Gasteiger partial charge in [0.2, 0.25) is 0 Å². The molecule has 1 aliphatic carbocycles. The number of aromatic nitrogens is 2. The van der Waals surface area contributed by atoms with Crippen molar-refractivity contribution in [1.29, 1.82) is 0 Å². The van der Waals surface area contributed by atoms with Crippen molar-refractivity contribution in [3.05, 3.63) is 76.1 Å². The highest BCUT2D eigenvalue weighted by Gasteiger charge is 2.25. The highest BCUT2D eigenvalue weighted by Crippen LogP contribution is 2.32. The predicted molar refractivity (Wildman–Crippen MR) is 99.1 cm³/mol. The zero-order valence-electron chi connectivity index (χ0n) is 14.4. The summed E-state index contributed by atoms with van der Waals surface area (Å²) in [5.74, 6) is -1.07. The molecular weight excluding hydrogens is 372 g/mol. The van der Waals surface area contributed by atoms with Crippen LogP contribution in [0.15, 0.2) is 42.6 Å². The van der Waals surface area contributed by atoms with Crippen LogP contribution >= 0.6 is 11.6 Å². The second-order valence-electron chi connectivity index (χ2n) is 6.68. The quantitative estimate of drug-likeness (QED) is 0.681. The van der Waals surface area contributed by atoms with Crippen molar-refractivity contribution in [1.82, 2.24) is 15.1 Å². The Morgan fingerprint density at radius 2 is 1.96 bits per heavy atom. The van der Waals surface area contributed by atoms with Gasteiger partial charge >= 0.3 is 0 Å². The molecule has 0 saturated carbocycles. The van der Waals surface area contributed by atoms with Crippen LogP contribution < -0.4 is 5.32 Å². The van der Waals surface area contributed by atoms with Gasteiger partial charge in [-0.05, 0) is 49.6 Å². The fourth-order valence-electron chi connectivity index (χ4n) is 3.58. The Bertz CT molecular complexity index is 969. The molecule has 4 nitrogen and oxygen atoms in total. The number of hydrogen-bond acceptors (Lipinski definition) is 3. The third kappa shape index (κ3) is 3.68. The Morgan fingerprint density at radius 1 is 1.19 bits per heavy atom. The lowest BCUT2D eigenvalue weighted by molar-refractivity contribution is 0.435. The van der Waals surface area contributed by atoms with E-state index in [9.17, 15) is 13.9 Å². The summed E-state index contributed by atoms with van der Waals surface area (Å²) in [6.07, 6.45) is 4.37. The van der Waals surface area contributed by atoms with Gasteiger partial charge in [-0.15, -0.1) is 0 Å². The summed E-state index contributed by atoms with van der Waals surface area (Å²) in [5.41, 5.74) is 3.04. The molecule has 0 aliphatic heterocycles. The van der Waals surface area contributed by atoms with Gasteiger partial charge in [-0.25, -0.2) is 13.5 Å². The minimum absolute atomic E-state index is 0.0410. The van der Waals surface area contributed by atoms with Crippen molar-refractivity contribution in [3.63, 3.8) is 0 Å². The lowest BCUT2D eigenvalue weighted by Gasteiger charge is -2.24. The van der Waals surface area contributed by atoms with Gasteiger partial charge in [0.25, 0.3) is 0 Å². The summed E-state index contributed by atoms with van der Waals surface area (Å²) in [6.45, 7) is 0.455. The van der Waals surface area contributed by atoms with Gasteiger partial charge in [-0.1, -0.05) is 11.6 Å². The third-order valence-corrected chi connectivity index (χ3v) is 5.09. The Labute approximate surface area is 160 Å². The average Bonchev–Trinajstić information content (AvgIpc) is 3.06. The summed E-state index contributed by atoms with van der Waals surface area (Å²) in [5, 5.41) is 18.3. The molecule has 7 heteroatoms. The number of fused-ring (bicyclic) bond motifs is 1. The number of phenols is 1. The largest absolute Gasteiger partial charge is 0.508 e. The van der Waals surface area contributed by atoms with Crippen LogP contribution in [0.1, 0.15) is 35.7 Å². The molecule has 0 spiro atoms. The van der Waals surface area contributed by atoms with E-state index < -0.39 is 11.6 Å². The summed E-state index contributed by atoms with van der Waals surface area (Å²) in [7, 11) is 0. The summed E-state index contributed by atoms with van der Waals surface area (Å²) in [4.78, 5) is 0. The highest BCUT2D eigenvalue weighted by molar-refractivity contribution is 6.30. The fraction of sp³-hybridized carbons (Fsp3) is 0.250. The van der Waals surface area contributed by atoms with Gasteiger partial charge in [-0.2, -0.15) is 5.10 Å². The maximum Gasteiger partial charge on any atom is 0.128 e. The van der Waals surface area contributed by atoms with E-state index in [2.05, 4.69) is 10.4 Å². The molecule has 140 valence electrons. The summed E-state index contributed by atoms with van der Waals surface area (Å²) < 4.78 is 28.8. The number of benzene rings is 2. The van der Waals surface area contributed by atoms with Gasteiger partial charge in [0.1, 0.15) is 17.4 Å². The standard InChI is InChI=1S/C20H18ClF2N3O/c21-13-4-5-20(27)12(6-13)10-24-18-2-1-3-19-17(18)11-25-26(19)16-8-14(22)7-15(23)9-16/h4-9,11,18,24,27H,1-3,10H2. The van der Waals surface area contributed by atoms with Gasteiger partial charge in [0.05, 0.1) is 11.9 Å². The zero-order chi connectivity index (χ0) is 19.0. The maximum absolute atomic E-state index is 13.6. The molecule has 0 radical (unpaired) electrons. The first-order valence-electron chi connectivity index (χ1n) is 8.75. The van der Waals surface area contributed by atoms with Crippen LogP contribution in [-0.2, 0) is 13.0 Å². The first-order chi connectivity index (χ1) is 13.0. The molecule has 1 aromatic heterocycles. The van der Waals surface area contributed by atoms with Crippen molar-refractivity contribution in [2.75, 3.05) is 0 Å². The van der Waals surface area contributed by atoms with Crippen LogP contribution in [0, 0.1) is 11.6 Å². The van der Waals surface area contributed by atoms with Crippen LogP contribution in [0.3, 0.4) is 0 Å². The Hall–Kier alpha value is -2.44. The predicted octanol–water partition coefficient (Wildman–Crippen LogP) is 4.68. The zero-order valence-corrected chi connectivity index (χ0v) is 15.2. The van der Waals surface area contributed by atoms with E-state index in [1.807, 2.05) is 0 Å². The first-order valence-corrected chi connectivity index (χ1v) is 9.13. The molecule has 1 heterocycles. The molecule has 3 aromatic rings. The fourth-order valence-corrected chi connectivity index (χ4v) is 3.78. The molecular formula is C20H18ClF2N3O. The summed E-state index contributed by atoms with van der Waals surface area (Å²) >= 11 is 6.00. The molecule has 4 rings (SSSR count). The Balaban J connectivity index is 1.59. The third-order valence-electron chi connectivity index (χ3n) is 4.86. The minimum atomic E-state index is -0.629. The minimum Gasteiger partial charge on any atom is -0.508 e. The number of halogens is 3. The van der Waals surface area contributed by atoms with Gasteiger partial charge < -0.3 is 10.4 Å². The molecule has 0 fully saturated rings. The van der Waals surface area contributed by atoms with Gasteiger partial charge in [0, 0.05) is 40.5 Å². The van der Waals surface area contributed by atoms with Crippen molar-refractivity contribution in [2.24, 2.45) is 0 Å². The smallest absolute Gasteiger partial charge is 0.128 e. The lowest BCUT2D eigenvalue weighted by atomic mass is 9.92. The molecule has 0 saturated heterocycles. The van der Waals surface area contributed by atoms with E-state index in [0.29, 0.717) is 22.8 Å². The molecule has 0 amide bonds. The second kappa shape index (κ2) is 7.29. The van der Waals surface area contributed by atoms with E-state index >= 15 is 0 Å². The Morgan fingerprint density at radius 3 is 2.74 bits per heavy atom. The molecule has 0 bridgehead atoms. The van der Waals surface area contributed by atoms with Crippen molar-refractivity contribution >= 4 is 11.6 Å². The number of rotatable bonds is 4. The maximum atomic E-state index is 13.6. The molecule has 27 heavy (non-hydrogen) atoms. The number of aromatic hydroxyl groups is 1. The number of hydrogen-bond donors (Lipinski definition) is 2. The van der Waals surface area contributed by atoms with Gasteiger partial charge in [-0.3, -0.25) is 0 Å². The average molecular weight is 390 g/mol. The second-order valence-corrected chi connectivity index (χ2v) is 7.12. The van der Waals surface area contributed by atoms with Crippen molar-refractivity contribution in [2.45, 2.75) is 31.8 Å². The molecule has 1 aliphatic rings. The van der Waals surface area contributed by atoms with Crippen molar-refractivity contribution in [3.8, 4) is 11.4 Å². The monoisotopic (exact) mass is 389 g/mol. The van der Waals surface area contributed by atoms with Crippen LogP contribution in [-0.4, -0.2) is 14.9 Å². The molecule has 1 unspecified atom stereocenters. The normalized spacial score (nSPS) is 16.3. The highest BCUT2D eigenvalue weighted by atomic mass is 35.5. The van der Waals surface area contributed by atoms with Gasteiger partial charge in [0.15, 0.2) is 0 Å². The topological polar surface area (TPSA) is 50.1 Å². The number of nitrogens with zero attached hydrogens (tertiary/aromatic N) is 2. The van der Waals surface area contributed by atoms with Crippen LogP contribution in [0.2, 0.25) is 5.02 Å². The molecule has 2 aromatic carbocycles. The first kappa shape index (κ1) is 17.9. The Kier molecular flexibility index (Phi) is 4.85.